The van der Waals surface area contributed by atoms with Crippen LogP contribution >= 0.6 is 11.3 Å². The highest BCUT2D eigenvalue weighted by Crippen LogP contribution is 2.36. The number of allylic oxidation sites excluding steroid dienone is 1. The number of aromatic nitrogens is 1. The van der Waals surface area contributed by atoms with Crippen LogP contribution in [0.25, 0.3) is 6.08 Å². The number of thiazole rings is 1. The SMILES string of the molecule is COC(=O)C1=C(C)N=c2sc(=Cc3ccc(C)cc3)c(=O)n2C1c1ccc(OC(C)=O)c(OC)c1. The Morgan fingerprint density at radius 3 is 2.40 bits per heavy atom. The van der Waals surface area contributed by atoms with Gasteiger partial charge in [0, 0.05) is 6.92 Å². The van der Waals surface area contributed by atoms with Gasteiger partial charge in [0.2, 0.25) is 0 Å². The van der Waals surface area contributed by atoms with E-state index in [9.17, 15) is 14.4 Å². The molecule has 4 rings (SSSR count). The van der Waals surface area contributed by atoms with Crippen molar-refractivity contribution in [1.82, 2.24) is 4.57 Å². The molecule has 9 heteroatoms. The summed E-state index contributed by atoms with van der Waals surface area (Å²) in [4.78, 5) is 42.9. The second-order valence-corrected chi connectivity index (χ2v) is 9.00. The second kappa shape index (κ2) is 9.71. The van der Waals surface area contributed by atoms with Gasteiger partial charge in [-0.15, -0.1) is 0 Å². The second-order valence-electron chi connectivity index (χ2n) is 7.99. The Hall–Kier alpha value is -3.98. The van der Waals surface area contributed by atoms with Crippen molar-refractivity contribution in [3.8, 4) is 11.5 Å². The van der Waals surface area contributed by atoms with Gasteiger partial charge in [-0.05, 0) is 43.2 Å². The summed E-state index contributed by atoms with van der Waals surface area (Å²) in [5, 5.41) is 0. The molecule has 0 saturated heterocycles. The number of benzene rings is 2. The molecule has 0 aliphatic carbocycles. The number of nitrogens with zero attached hydrogens (tertiary/aromatic N) is 2. The summed E-state index contributed by atoms with van der Waals surface area (Å²) in [6.45, 7) is 5.00. The first-order chi connectivity index (χ1) is 16.7. The maximum Gasteiger partial charge on any atom is 0.338 e. The van der Waals surface area contributed by atoms with E-state index in [2.05, 4.69) is 4.99 Å². The Morgan fingerprint density at radius 1 is 1.06 bits per heavy atom. The summed E-state index contributed by atoms with van der Waals surface area (Å²) in [5.74, 6) is -0.563. The van der Waals surface area contributed by atoms with Gasteiger partial charge in [0.05, 0.1) is 36.1 Å². The van der Waals surface area contributed by atoms with E-state index in [-0.39, 0.29) is 16.9 Å². The number of carbonyl (C=O) groups excluding carboxylic acids is 2. The molecule has 3 aromatic rings. The average Bonchev–Trinajstić information content (AvgIpc) is 3.13. The molecular weight excluding hydrogens is 468 g/mol. The van der Waals surface area contributed by atoms with E-state index in [1.54, 1.807) is 25.1 Å². The molecule has 180 valence electrons. The summed E-state index contributed by atoms with van der Waals surface area (Å²) in [6, 6.07) is 11.9. The fourth-order valence-corrected chi connectivity index (χ4v) is 4.96. The lowest BCUT2D eigenvalue weighted by Crippen LogP contribution is -2.39. The van der Waals surface area contributed by atoms with E-state index >= 15 is 0 Å². The predicted octanol–water partition coefficient (Wildman–Crippen LogP) is 2.65. The number of methoxy groups -OCH3 is 2. The van der Waals surface area contributed by atoms with Crippen molar-refractivity contribution in [1.29, 1.82) is 0 Å². The maximum atomic E-state index is 13.6. The first-order valence-corrected chi connectivity index (χ1v) is 11.6. The van der Waals surface area contributed by atoms with Gasteiger partial charge in [-0.2, -0.15) is 0 Å². The van der Waals surface area contributed by atoms with Crippen LogP contribution in [0.5, 0.6) is 11.5 Å². The number of esters is 2. The van der Waals surface area contributed by atoms with Gasteiger partial charge in [-0.25, -0.2) is 9.79 Å². The van der Waals surface area contributed by atoms with Gasteiger partial charge in [-0.3, -0.25) is 14.2 Å². The van der Waals surface area contributed by atoms with Crippen molar-refractivity contribution < 1.29 is 23.8 Å². The zero-order valence-electron chi connectivity index (χ0n) is 19.9. The number of hydrogen-bond donors (Lipinski definition) is 0. The third-order valence-electron chi connectivity index (χ3n) is 5.56. The van der Waals surface area contributed by atoms with Crippen molar-refractivity contribution in [2.24, 2.45) is 4.99 Å². The van der Waals surface area contributed by atoms with Gasteiger partial charge in [0.25, 0.3) is 5.56 Å². The van der Waals surface area contributed by atoms with E-state index in [0.29, 0.717) is 26.3 Å². The monoisotopic (exact) mass is 492 g/mol. The van der Waals surface area contributed by atoms with Gasteiger partial charge in [-0.1, -0.05) is 47.2 Å². The molecule has 0 fully saturated rings. The van der Waals surface area contributed by atoms with Crippen LogP contribution in [0.2, 0.25) is 0 Å². The summed E-state index contributed by atoms with van der Waals surface area (Å²) in [7, 11) is 2.73. The minimum atomic E-state index is -0.806. The fourth-order valence-electron chi connectivity index (χ4n) is 3.92. The van der Waals surface area contributed by atoms with Gasteiger partial charge in [0.15, 0.2) is 16.3 Å². The van der Waals surface area contributed by atoms with Crippen LogP contribution in [0, 0.1) is 6.92 Å². The first kappa shape index (κ1) is 24.2. The number of carbonyl (C=O) groups is 2. The maximum absolute atomic E-state index is 13.6. The Labute approximate surface area is 205 Å². The van der Waals surface area contributed by atoms with Crippen LogP contribution in [0.1, 0.15) is 36.6 Å². The number of rotatable bonds is 5. The standard InChI is InChI=1S/C26H24N2O6S/c1-14-6-8-17(9-7-14)12-21-24(30)28-23(22(25(31)33-5)15(2)27-26(28)35-21)18-10-11-19(34-16(3)29)20(13-18)32-4/h6-13,23H,1-5H3. The highest BCUT2D eigenvalue weighted by Gasteiger charge is 2.33. The number of hydrogen-bond acceptors (Lipinski definition) is 8. The normalized spacial score (nSPS) is 15.3. The lowest BCUT2D eigenvalue weighted by Gasteiger charge is -2.25. The minimum absolute atomic E-state index is 0.232. The fraction of sp³-hybridized carbons (Fsp3) is 0.231. The zero-order valence-corrected chi connectivity index (χ0v) is 20.8. The van der Waals surface area contributed by atoms with Gasteiger partial charge in [0.1, 0.15) is 0 Å². The lowest BCUT2D eigenvalue weighted by molar-refractivity contribution is -0.136. The van der Waals surface area contributed by atoms with Crippen LogP contribution in [0.4, 0.5) is 0 Å². The van der Waals surface area contributed by atoms with Gasteiger partial charge >= 0.3 is 11.9 Å². The summed E-state index contributed by atoms with van der Waals surface area (Å²) < 4.78 is 17.6. The molecule has 1 unspecified atom stereocenters. The first-order valence-electron chi connectivity index (χ1n) is 10.8. The summed E-state index contributed by atoms with van der Waals surface area (Å²) >= 11 is 1.25. The molecule has 1 aliphatic rings. The number of fused-ring (bicyclic) bond motifs is 1. The van der Waals surface area contributed by atoms with Crippen molar-refractivity contribution in [2.45, 2.75) is 26.8 Å². The van der Waals surface area contributed by atoms with Crippen LogP contribution in [-0.2, 0) is 14.3 Å². The van der Waals surface area contributed by atoms with E-state index in [1.807, 2.05) is 37.3 Å². The van der Waals surface area contributed by atoms with E-state index in [0.717, 1.165) is 11.1 Å². The minimum Gasteiger partial charge on any atom is -0.493 e. The molecule has 1 atom stereocenters. The third-order valence-corrected chi connectivity index (χ3v) is 6.54. The topological polar surface area (TPSA) is 96.2 Å². The van der Waals surface area contributed by atoms with E-state index in [1.165, 1.54) is 37.0 Å². The highest BCUT2D eigenvalue weighted by atomic mass is 32.1. The summed E-state index contributed by atoms with van der Waals surface area (Å²) in [6.07, 6.45) is 1.81. The van der Waals surface area contributed by atoms with E-state index < -0.39 is 18.0 Å². The van der Waals surface area contributed by atoms with Crippen LogP contribution in [0.3, 0.4) is 0 Å². The van der Waals surface area contributed by atoms with Gasteiger partial charge < -0.3 is 14.2 Å². The predicted molar refractivity (Wildman–Crippen MR) is 131 cm³/mol. The quantitative estimate of drug-likeness (QED) is 0.401. The summed E-state index contributed by atoms with van der Waals surface area (Å²) in [5.41, 5.74) is 2.99. The molecule has 1 aliphatic heterocycles. The molecule has 1 aromatic heterocycles. The zero-order chi connectivity index (χ0) is 25.3. The average molecular weight is 493 g/mol. The van der Waals surface area contributed by atoms with Crippen LogP contribution < -0.4 is 24.4 Å². The van der Waals surface area contributed by atoms with Crippen LogP contribution in [0.15, 0.2) is 63.5 Å². The molecular formula is C26H24N2O6S. The highest BCUT2D eigenvalue weighted by molar-refractivity contribution is 7.07. The Balaban J connectivity index is 1.95. The molecule has 8 nitrogen and oxygen atoms in total. The number of ether oxygens (including phenoxy) is 3. The van der Waals surface area contributed by atoms with E-state index in [4.69, 9.17) is 14.2 Å². The Bertz CT molecular complexity index is 1530. The lowest BCUT2D eigenvalue weighted by atomic mass is 9.95. The largest absolute Gasteiger partial charge is 0.493 e. The van der Waals surface area contributed by atoms with Crippen molar-refractivity contribution in [3.63, 3.8) is 0 Å². The molecule has 0 spiro atoms. The molecule has 35 heavy (non-hydrogen) atoms. The smallest absolute Gasteiger partial charge is 0.338 e. The Morgan fingerprint density at radius 2 is 1.77 bits per heavy atom. The van der Waals surface area contributed by atoms with Crippen molar-refractivity contribution in [3.05, 3.63) is 90.1 Å². The molecule has 0 bridgehead atoms. The molecule has 2 heterocycles. The van der Waals surface area contributed by atoms with Crippen molar-refractivity contribution >= 4 is 29.4 Å². The molecule has 0 amide bonds. The number of aryl methyl sites for hydroxylation is 1. The molecule has 0 N–H and O–H groups in total. The molecule has 0 saturated carbocycles. The van der Waals surface area contributed by atoms with Crippen LogP contribution in [-0.4, -0.2) is 30.7 Å². The van der Waals surface area contributed by atoms with Crippen molar-refractivity contribution in [2.75, 3.05) is 14.2 Å². The molecule has 0 radical (unpaired) electrons. The molecule has 2 aromatic carbocycles. The third kappa shape index (κ3) is 4.67. The Kier molecular flexibility index (Phi) is 6.70.